The zero-order chi connectivity index (χ0) is 31.1. The van der Waals surface area contributed by atoms with E-state index in [0.717, 1.165) is 36.1 Å². The number of pyridine rings is 1. The van der Waals surface area contributed by atoms with Crippen LogP contribution in [0.4, 0.5) is 0 Å². The summed E-state index contributed by atoms with van der Waals surface area (Å²) in [5.41, 5.74) is 7.46. The molecule has 5 aromatic rings. The summed E-state index contributed by atoms with van der Waals surface area (Å²) in [7, 11) is 2.16. The van der Waals surface area contributed by atoms with Gasteiger partial charge in [0.15, 0.2) is 6.20 Å². The zero-order valence-corrected chi connectivity index (χ0v) is 27.6. The van der Waals surface area contributed by atoms with E-state index in [0.29, 0.717) is 0 Å². The average Bonchev–Trinajstić information content (AvgIpc) is 2.90. The Hall–Kier alpha value is -3.90. The van der Waals surface area contributed by atoms with Crippen LogP contribution in [-0.4, -0.2) is 5.54 Å². The maximum absolute atomic E-state index is 7.64. The van der Waals surface area contributed by atoms with Crippen molar-refractivity contribution in [2.45, 2.75) is 87.1 Å². The number of benzene rings is 4. The van der Waals surface area contributed by atoms with E-state index < -0.39 is 5.54 Å². The first-order chi connectivity index (χ1) is 20.0. The smallest absolute Gasteiger partial charge is 0.231 e. The molecule has 0 unspecified atom stereocenters. The molecule has 0 saturated carbocycles. The fourth-order valence-electron chi connectivity index (χ4n) is 7.01. The van der Waals surface area contributed by atoms with E-state index in [2.05, 4.69) is 120 Å². The predicted molar refractivity (Wildman–Crippen MR) is 181 cm³/mol. The topological polar surface area (TPSA) is 17.5 Å². The second kappa shape index (κ2) is 9.81. The lowest BCUT2D eigenvalue weighted by atomic mass is 9.80. The molecule has 0 saturated heterocycles. The van der Waals surface area contributed by atoms with Crippen LogP contribution in [0.2, 0.25) is 0 Å². The van der Waals surface area contributed by atoms with Gasteiger partial charge in [-0.15, -0.1) is 0 Å². The third-order valence-electron chi connectivity index (χ3n) is 8.78. The maximum Gasteiger partial charge on any atom is 0.231 e. The second-order valence-electron chi connectivity index (χ2n) is 15.9. The van der Waals surface area contributed by atoms with E-state index in [1.54, 1.807) is 0 Å². The van der Waals surface area contributed by atoms with Gasteiger partial charge >= 0.3 is 0 Å². The molecule has 0 spiro atoms. The maximum atomic E-state index is 7.64. The molecule has 0 bridgehead atoms. The minimum absolute atomic E-state index is 0.0940. The highest BCUT2D eigenvalue weighted by molar-refractivity contribution is 6.16. The molecule has 6 rings (SSSR count). The summed E-state index contributed by atoms with van der Waals surface area (Å²) < 4.78 is 9.35. The normalized spacial score (nSPS) is 13.3. The Bertz CT molecular complexity index is 1990. The van der Waals surface area contributed by atoms with Gasteiger partial charge in [-0.25, -0.2) is 11.1 Å². The van der Waals surface area contributed by atoms with E-state index in [-0.39, 0.29) is 10.8 Å². The van der Waals surface area contributed by atoms with Gasteiger partial charge in [0.05, 0.1) is 17.4 Å². The van der Waals surface area contributed by atoms with Gasteiger partial charge in [-0.3, -0.25) is 0 Å². The van der Waals surface area contributed by atoms with E-state index >= 15 is 0 Å². The first-order valence-corrected chi connectivity index (χ1v) is 15.6. The molecule has 0 N–H and O–H groups in total. The van der Waals surface area contributed by atoms with Crippen LogP contribution in [-0.2, 0) is 26.3 Å². The van der Waals surface area contributed by atoms with Crippen molar-refractivity contribution in [2.75, 3.05) is 0 Å². The molecule has 0 aliphatic carbocycles. The average molecular weight is 570 g/mol. The van der Waals surface area contributed by atoms with Gasteiger partial charge in [0.2, 0.25) is 11.2 Å². The standard InChI is InChI=1S/C40H45N2O/c1-24-30-18-25(21-38(2,3)4)13-15-28(30)32(23-39(5,6)7)37-34(24)36-35-29(16-17-42(36)11)31-19-26(22-40(8,9)41-10)12-14-27(31)20-33(35)43-37/h12-20H,21-23H2,1-9,11H3/q+1. The van der Waals surface area contributed by atoms with Gasteiger partial charge in [0.1, 0.15) is 18.5 Å². The summed E-state index contributed by atoms with van der Waals surface area (Å²) in [6, 6.07) is 18.2. The Morgan fingerprint density at radius 1 is 0.744 bits per heavy atom. The Balaban J connectivity index is 1.68. The van der Waals surface area contributed by atoms with Crippen LogP contribution in [0.5, 0.6) is 11.5 Å². The van der Waals surface area contributed by atoms with Gasteiger partial charge in [-0.2, -0.15) is 0 Å². The van der Waals surface area contributed by atoms with Gasteiger partial charge in [-0.1, -0.05) is 77.9 Å². The van der Waals surface area contributed by atoms with Crippen molar-refractivity contribution in [1.29, 1.82) is 0 Å². The van der Waals surface area contributed by atoms with Crippen LogP contribution in [0, 0.1) is 24.3 Å². The number of hydrogen-bond donors (Lipinski definition) is 0. The molecule has 1 aliphatic heterocycles. The molecule has 220 valence electrons. The molecule has 2 heterocycles. The molecular weight excluding hydrogens is 524 g/mol. The summed E-state index contributed by atoms with van der Waals surface area (Å²) in [6.07, 6.45) is 4.89. The minimum Gasteiger partial charge on any atom is -0.455 e. The number of aromatic nitrogens is 1. The summed E-state index contributed by atoms with van der Waals surface area (Å²) >= 11 is 0. The van der Waals surface area contributed by atoms with Crippen LogP contribution < -0.4 is 9.30 Å². The van der Waals surface area contributed by atoms with Gasteiger partial charge in [-0.05, 0) is 74.9 Å². The van der Waals surface area contributed by atoms with Crippen molar-refractivity contribution < 1.29 is 9.30 Å². The summed E-state index contributed by atoms with van der Waals surface area (Å²) in [5, 5.41) is 7.38. The van der Waals surface area contributed by atoms with Crippen molar-refractivity contribution >= 4 is 32.3 Å². The third kappa shape index (κ3) is 5.27. The summed E-state index contributed by atoms with van der Waals surface area (Å²) in [5.74, 6) is 1.93. The number of fused-ring (bicyclic) bond motifs is 5. The number of nitrogens with zero attached hydrogens (tertiary/aromatic N) is 2. The van der Waals surface area contributed by atoms with Crippen molar-refractivity contribution in [1.82, 2.24) is 0 Å². The number of hydrogen-bond acceptors (Lipinski definition) is 1. The highest BCUT2D eigenvalue weighted by Gasteiger charge is 2.34. The van der Waals surface area contributed by atoms with Crippen molar-refractivity contribution in [3.05, 3.63) is 88.4 Å². The molecule has 3 nitrogen and oxygen atoms in total. The molecule has 1 aliphatic rings. The van der Waals surface area contributed by atoms with Gasteiger partial charge in [0.25, 0.3) is 0 Å². The van der Waals surface area contributed by atoms with Crippen LogP contribution in [0.15, 0.2) is 54.7 Å². The monoisotopic (exact) mass is 569 g/mol. The lowest BCUT2D eigenvalue weighted by Crippen LogP contribution is -2.32. The van der Waals surface area contributed by atoms with Crippen molar-refractivity contribution in [2.24, 2.45) is 17.9 Å². The molecule has 0 atom stereocenters. The summed E-state index contributed by atoms with van der Waals surface area (Å²) in [4.78, 5) is 3.87. The van der Waals surface area contributed by atoms with Gasteiger partial charge < -0.3 is 9.58 Å². The number of ether oxygens (including phenoxy) is 1. The fourth-order valence-corrected chi connectivity index (χ4v) is 7.01. The van der Waals surface area contributed by atoms with E-state index in [4.69, 9.17) is 11.3 Å². The lowest BCUT2D eigenvalue weighted by Gasteiger charge is -2.29. The second-order valence-corrected chi connectivity index (χ2v) is 15.9. The molecular formula is C40H45N2O+. The SMILES string of the molecule is [C-]#[N+]C(C)(C)Cc1ccc2cc3c4c([n+](C)ccc4c2c1)-c1c(c(CC(C)(C)C)c2ccc(CC(C)(C)C)cc2c1C)O3. The fraction of sp³-hybridized carbons (Fsp3) is 0.400. The molecule has 0 radical (unpaired) electrons. The molecule has 3 heteroatoms. The van der Waals surface area contributed by atoms with Crippen molar-refractivity contribution in [3.63, 3.8) is 0 Å². The lowest BCUT2D eigenvalue weighted by molar-refractivity contribution is -0.659. The predicted octanol–water partition coefficient (Wildman–Crippen LogP) is 10.5. The van der Waals surface area contributed by atoms with Gasteiger partial charge in [0, 0.05) is 30.9 Å². The Labute approximate surface area is 257 Å². The van der Waals surface area contributed by atoms with Crippen LogP contribution in [0.1, 0.15) is 77.6 Å². The van der Waals surface area contributed by atoms with E-state index in [9.17, 15) is 0 Å². The molecule has 0 fully saturated rings. The molecule has 4 aromatic carbocycles. The van der Waals surface area contributed by atoms with Crippen LogP contribution in [0.25, 0.3) is 48.4 Å². The highest BCUT2D eigenvalue weighted by Crippen LogP contribution is 2.53. The quantitative estimate of drug-likeness (QED) is 0.117. The number of aryl methyl sites for hydroxylation is 2. The molecule has 0 amide bonds. The largest absolute Gasteiger partial charge is 0.455 e. The molecule has 1 aromatic heterocycles. The Morgan fingerprint density at radius 2 is 1.40 bits per heavy atom. The van der Waals surface area contributed by atoms with E-state index in [1.807, 2.05) is 13.8 Å². The first-order valence-electron chi connectivity index (χ1n) is 15.6. The van der Waals surface area contributed by atoms with E-state index in [1.165, 1.54) is 60.4 Å². The Kier molecular flexibility index (Phi) is 6.66. The third-order valence-corrected chi connectivity index (χ3v) is 8.78. The highest BCUT2D eigenvalue weighted by atomic mass is 16.5. The minimum atomic E-state index is -0.429. The van der Waals surface area contributed by atoms with Crippen LogP contribution >= 0.6 is 0 Å². The zero-order valence-electron chi connectivity index (χ0n) is 27.6. The van der Waals surface area contributed by atoms with Crippen LogP contribution in [0.3, 0.4) is 0 Å². The Morgan fingerprint density at radius 3 is 2.07 bits per heavy atom. The summed E-state index contributed by atoms with van der Waals surface area (Å²) in [6.45, 7) is 27.8. The molecule has 43 heavy (non-hydrogen) atoms. The van der Waals surface area contributed by atoms with Crippen molar-refractivity contribution in [3.8, 4) is 22.8 Å². The number of rotatable bonds is 4. The first kappa shape index (κ1) is 29.2.